The highest BCUT2D eigenvalue weighted by Crippen LogP contribution is 2.22. The molecule has 2 aliphatic rings. The van der Waals surface area contributed by atoms with Crippen LogP contribution < -0.4 is 5.32 Å². The van der Waals surface area contributed by atoms with Gasteiger partial charge < -0.3 is 10.2 Å². The molecular weight excluding hydrogens is 232 g/mol. The van der Waals surface area contributed by atoms with E-state index in [9.17, 15) is 0 Å². The number of nitrogens with one attached hydrogen (secondary N) is 1. The first kappa shape index (κ1) is 17.0. The number of hydrogen-bond donors (Lipinski definition) is 1. The lowest BCUT2D eigenvalue weighted by Crippen LogP contribution is -2.34. The van der Waals surface area contributed by atoms with Crippen LogP contribution in [0.15, 0.2) is 0 Å². The van der Waals surface area contributed by atoms with E-state index < -0.39 is 0 Å². The lowest BCUT2D eigenvalue weighted by Gasteiger charge is -2.31. The molecule has 2 nitrogen and oxygen atoms in total. The third-order valence-electron chi connectivity index (χ3n) is 4.88. The van der Waals surface area contributed by atoms with Gasteiger partial charge in [-0.2, -0.15) is 0 Å². The summed E-state index contributed by atoms with van der Waals surface area (Å²) >= 11 is 0. The van der Waals surface area contributed by atoms with Crippen molar-refractivity contribution in [1.29, 1.82) is 0 Å². The summed E-state index contributed by atoms with van der Waals surface area (Å²) in [5.41, 5.74) is 0. The number of hydrogen-bond acceptors (Lipinski definition) is 2. The summed E-state index contributed by atoms with van der Waals surface area (Å²) in [6, 6.07) is 0. The van der Waals surface area contributed by atoms with Gasteiger partial charge in [-0.1, -0.05) is 27.7 Å². The van der Waals surface area contributed by atoms with Gasteiger partial charge in [0.15, 0.2) is 0 Å². The molecule has 0 amide bonds. The van der Waals surface area contributed by atoms with Gasteiger partial charge in [-0.05, 0) is 76.0 Å². The molecule has 19 heavy (non-hydrogen) atoms. The van der Waals surface area contributed by atoms with Crippen LogP contribution >= 0.6 is 0 Å². The first-order valence-electron chi connectivity index (χ1n) is 8.40. The lowest BCUT2D eigenvalue weighted by molar-refractivity contribution is 0.173. The van der Waals surface area contributed by atoms with E-state index >= 15 is 0 Å². The second-order valence-corrected chi connectivity index (χ2v) is 7.26. The molecule has 0 aliphatic carbocycles. The maximum Gasteiger partial charge on any atom is 0.000906 e. The van der Waals surface area contributed by atoms with E-state index in [-0.39, 0.29) is 0 Å². The molecule has 0 bridgehead atoms. The predicted octanol–water partition coefficient (Wildman–Crippen LogP) is 3.63. The maximum absolute atomic E-state index is 3.42. The zero-order valence-corrected chi connectivity index (χ0v) is 13.9. The van der Waals surface area contributed by atoms with E-state index in [0.29, 0.717) is 0 Å². The summed E-state index contributed by atoms with van der Waals surface area (Å²) in [6.45, 7) is 14.4. The van der Waals surface area contributed by atoms with E-state index in [1.807, 2.05) is 0 Å². The van der Waals surface area contributed by atoms with E-state index in [2.05, 4.69) is 45.0 Å². The highest BCUT2D eigenvalue weighted by atomic mass is 15.1. The molecule has 2 heterocycles. The summed E-state index contributed by atoms with van der Waals surface area (Å²) < 4.78 is 0. The van der Waals surface area contributed by atoms with Gasteiger partial charge >= 0.3 is 0 Å². The first-order chi connectivity index (χ1) is 9.00. The number of rotatable bonds is 2. The van der Waals surface area contributed by atoms with Crippen molar-refractivity contribution >= 4 is 0 Å². The van der Waals surface area contributed by atoms with Crippen molar-refractivity contribution in [3.8, 4) is 0 Å². The zero-order valence-electron chi connectivity index (χ0n) is 13.9. The van der Waals surface area contributed by atoms with Crippen LogP contribution in [-0.4, -0.2) is 38.1 Å². The van der Waals surface area contributed by atoms with Crippen LogP contribution in [0.4, 0.5) is 0 Å². The predicted molar refractivity (Wildman–Crippen MR) is 85.5 cm³/mol. The second kappa shape index (κ2) is 8.97. The first-order valence-corrected chi connectivity index (χ1v) is 8.40. The van der Waals surface area contributed by atoms with Crippen molar-refractivity contribution in [3.05, 3.63) is 0 Å². The average molecular weight is 268 g/mol. The van der Waals surface area contributed by atoms with Gasteiger partial charge in [-0.15, -0.1) is 0 Å². The molecule has 2 heteroatoms. The molecule has 2 aliphatic heterocycles. The van der Waals surface area contributed by atoms with Crippen molar-refractivity contribution in [1.82, 2.24) is 10.2 Å². The molecule has 2 atom stereocenters. The molecule has 0 aromatic heterocycles. The van der Waals surface area contributed by atoms with Crippen molar-refractivity contribution < 1.29 is 0 Å². The fourth-order valence-corrected chi connectivity index (χ4v) is 3.20. The smallest absolute Gasteiger partial charge is 0.000906 e. The average Bonchev–Trinajstić information content (AvgIpc) is 2.40. The second-order valence-electron chi connectivity index (χ2n) is 7.26. The minimum atomic E-state index is 0.873. The van der Waals surface area contributed by atoms with Gasteiger partial charge in [-0.25, -0.2) is 0 Å². The molecule has 2 fully saturated rings. The van der Waals surface area contributed by atoms with Gasteiger partial charge in [0.2, 0.25) is 0 Å². The van der Waals surface area contributed by atoms with Crippen molar-refractivity contribution in [2.45, 2.75) is 53.4 Å². The highest BCUT2D eigenvalue weighted by Gasteiger charge is 2.19. The van der Waals surface area contributed by atoms with Crippen LogP contribution in [0.3, 0.4) is 0 Å². The zero-order chi connectivity index (χ0) is 14.3. The monoisotopic (exact) mass is 268 g/mol. The largest absolute Gasteiger partial charge is 0.316 e. The lowest BCUT2D eigenvalue weighted by atomic mass is 9.88. The Kier molecular flexibility index (Phi) is 8.01. The standard InChI is InChI=1S/C9H19N.C8H17N/c1-8(2)9-5-4-6-10(3)7-9;1-7(2)8-4-3-5-9-6-8/h8-9H,4-7H2,1-3H3;7-9H,3-6H2,1-2H3. The molecule has 114 valence electrons. The molecule has 0 aromatic rings. The topological polar surface area (TPSA) is 15.3 Å². The van der Waals surface area contributed by atoms with Crippen LogP contribution in [0.1, 0.15) is 53.4 Å². The minimum absolute atomic E-state index is 0.873. The number of nitrogens with zero attached hydrogens (tertiary/aromatic N) is 1. The molecule has 2 unspecified atom stereocenters. The summed E-state index contributed by atoms with van der Waals surface area (Å²) in [6.07, 6.45) is 5.66. The Balaban J connectivity index is 0.000000191. The van der Waals surface area contributed by atoms with Gasteiger partial charge in [0.25, 0.3) is 0 Å². The fraction of sp³-hybridized carbons (Fsp3) is 1.00. The Morgan fingerprint density at radius 2 is 1.58 bits per heavy atom. The molecule has 0 saturated carbocycles. The van der Waals surface area contributed by atoms with E-state index in [4.69, 9.17) is 0 Å². The molecule has 0 spiro atoms. The summed E-state index contributed by atoms with van der Waals surface area (Å²) in [5.74, 6) is 3.65. The Morgan fingerprint density at radius 1 is 0.947 bits per heavy atom. The molecule has 0 aromatic carbocycles. The summed E-state index contributed by atoms with van der Waals surface area (Å²) in [4.78, 5) is 2.45. The van der Waals surface area contributed by atoms with E-state index in [1.165, 1.54) is 51.9 Å². The van der Waals surface area contributed by atoms with Gasteiger partial charge in [-0.3, -0.25) is 0 Å². The number of likely N-dealkylation sites (tertiary alicyclic amines) is 1. The van der Waals surface area contributed by atoms with Crippen LogP contribution in [0, 0.1) is 23.7 Å². The molecule has 2 rings (SSSR count). The van der Waals surface area contributed by atoms with Gasteiger partial charge in [0.1, 0.15) is 0 Å². The van der Waals surface area contributed by atoms with Gasteiger partial charge in [0, 0.05) is 6.54 Å². The van der Waals surface area contributed by atoms with Crippen LogP contribution in [0.2, 0.25) is 0 Å². The van der Waals surface area contributed by atoms with Crippen molar-refractivity contribution in [2.24, 2.45) is 23.7 Å². The summed E-state index contributed by atoms with van der Waals surface area (Å²) in [5, 5.41) is 3.42. The third-order valence-corrected chi connectivity index (χ3v) is 4.88. The SMILES string of the molecule is CC(C)C1CCCN(C)C1.CC(C)C1CCCNC1. The summed E-state index contributed by atoms with van der Waals surface area (Å²) in [7, 11) is 2.23. The van der Waals surface area contributed by atoms with Crippen molar-refractivity contribution in [3.63, 3.8) is 0 Å². The Hall–Kier alpha value is -0.0800. The fourth-order valence-electron chi connectivity index (χ4n) is 3.20. The maximum atomic E-state index is 3.42. The molecule has 2 saturated heterocycles. The number of piperidine rings is 2. The van der Waals surface area contributed by atoms with Gasteiger partial charge in [0.05, 0.1) is 0 Å². The minimum Gasteiger partial charge on any atom is -0.316 e. The molecule has 0 radical (unpaired) electrons. The Labute approximate surface area is 121 Å². The van der Waals surface area contributed by atoms with E-state index in [1.54, 1.807) is 0 Å². The van der Waals surface area contributed by atoms with Crippen molar-refractivity contribution in [2.75, 3.05) is 33.2 Å². The normalized spacial score (nSPS) is 29.2. The Morgan fingerprint density at radius 3 is 1.95 bits per heavy atom. The highest BCUT2D eigenvalue weighted by molar-refractivity contribution is 4.72. The van der Waals surface area contributed by atoms with E-state index in [0.717, 1.165) is 23.7 Å². The molecular formula is C17H36N2. The van der Waals surface area contributed by atoms with Crippen LogP contribution in [0.5, 0.6) is 0 Å². The van der Waals surface area contributed by atoms with Crippen LogP contribution in [-0.2, 0) is 0 Å². The molecule has 1 N–H and O–H groups in total. The third kappa shape index (κ3) is 6.76. The van der Waals surface area contributed by atoms with Crippen LogP contribution in [0.25, 0.3) is 0 Å². The quantitative estimate of drug-likeness (QED) is 0.823. The Bertz CT molecular complexity index is 219.